The molecule has 1 atom stereocenters. The first-order valence-corrected chi connectivity index (χ1v) is 6.81. The van der Waals surface area contributed by atoms with Gasteiger partial charge in [-0.3, -0.25) is 0 Å². The number of ether oxygens (including phenoxy) is 1. The number of carboxylic acids is 1. The molecule has 0 radical (unpaired) electrons. The van der Waals surface area contributed by atoms with Gasteiger partial charge in [0.25, 0.3) is 0 Å². The maximum absolute atomic E-state index is 11.9. The van der Waals surface area contributed by atoms with E-state index in [1.807, 2.05) is 0 Å². The molecular formula is C15H22N2O4. The molecule has 0 saturated heterocycles. The normalized spacial score (nSPS) is 11.9. The smallest absolute Gasteiger partial charge is 0.335 e. The predicted molar refractivity (Wildman–Crippen MR) is 81.0 cm³/mol. The SMILES string of the molecule is COc1ccc(C(=O)O)cc1NC(=O)NCC(C)C(C)C. The van der Waals surface area contributed by atoms with Gasteiger partial charge in [-0.25, -0.2) is 9.59 Å². The monoisotopic (exact) mass is 294 g/mol. The van der Waals surface area contributed by atoms with E-state index in [2.05, 4.69) is 31.4 Å². The summed E-state index contributed by atoms with van der Waals surface area (Å²) in [5, 5.41) is 14.3. The van der Waals surface area contributed by atoms with E-state index < -0.39 is 5.97 Å². The molecule has 6 nitrogen and oxygen atoms in total. The predicted octanol–water partition coefficient (Wildman–Crippen LogP) is 2.81. The molecule has 1 aromatic rings. The number of carbonyl (C=O) groups excluding carboxylic acids is 1. The zero-order valence-corrected chi connectivity index (χ0v) is 12.8. The quantitative estimate of drug-likeness (QED) is 0.753. The average molecular weight is 294 g/mol. The van der Waals surface area contributed by atoms with E-state index in [0.29, 0.717) is 29.8 Å². The molecule has 0 aromatic heterocycles. The van der Waals surface area contributed by atoms with Gasteiger partial charge in [-0.2, -0.15) is 0 Å². The highest BCUT2D eigenvalue weighted by molar-refractivity contribution is 5.94. The minimum Gasteiger partial charge on any atom is -0.495 e. The Bertz CT molecular complexity index is 514. The molecule has 0 aliphatic rings. The molecule has 0 aliphatic carbocycles. The standard InChI is InChI=1S/C15H22N2O4/c1-9(2)10(3)8-16-15(20)17-12-7-11(14(18)19)5-6-13(12)21-4/h5-7,9-10H,8H2,1-4H3,(H,18,19)(H2,16,17,20). The minimum absolute atomic E-state index is 0.0849. The van der Waals surface area contributed by atoms with E-state index in [1.54, 1.807) is 0 Å². The number of carboxylic acid groups (broad SMARTS) is 1. The van der Waals surface area contributed by atoms with Crippen molar-refractivity contribution in [2.24, 2.45) is 11.8 Å². The Morgan fingerprint density at radius 1 is 1.29 bits per heavy atom. The van der Waals surface area contributed by atoms with Gasteiger partial charge >= 0.3 is 12.0 Å². The molecule has 0 spiro atoms. The highest BCUT2D eigenvalue weighted by Crippen LogP contribution is 2.25. The number of hydrogen-bond acceptors (Lipinski definition) is 3. The van der Waals surface area contributed by atoms with Crippen molar-refractivity contribution in [2.75, 3.05) is 19.0 Å². The maximum atomic E-state index is 11.9. The largest absolute Gasteiger partial charge is 0.495 e. The lowest BCUT2D eigenvalue weighted by atomic mass is 9.98. The van der Waals surface area contributed by atoms with E-state index in [-0.39, 0.29) is 11.6 Å². The summed E-state index contributed by atoms with van der Waals surface area (Å²) in [4.78, 5) is 22.8. The third kappa shape index (κ3) is 4.98. The first-order chi connectivity index (χ1) is 9.85. The summed E-state index contributed by atoms with van der Waals surface area (Å²) in [6.07, 6.45) is 0. The van der Waals surface area contributed by atoms with Crippen LogP contribution in [0.5, 0.6) is 5.75 Å². The Labute approximate surface area is 124 Å². The van der Waals surface area contributed by atoms with Crippen LogP contribution in [0.25, 0.3) is 0 Å². The Morgan fingerprint density at radius 2 is 1.95 bits per heavy atom. The highest BCUT2D eigenvalue weighted by atomic mass is 16.5. The van der Waals surface area contributed by atoms with Crippen LogP contribution in [0.4, 0.5) is 10.5 Å². The van der Waals surface area contributed by atoms with Crippen molar-refractivity contribution in [1.82, 2.24) is 5.32 Å². The lowest BCUT2D eigenvalue weighted by Gasteiger charge is -2.17. The first kappa shape index (κ1) is 16.8. The van der Waals surface area contributed by atoms with Crippen LogP contribution in [0.1, 0.15) is 31.1 Å². The molecule has 3 N–H and O–H groups in total. The zero-order chi connectivity index (χ0) is 16.0. The summed E-state index contributed by atoms with van der Waals surface area (Å²) < 4.78 is 5.11. The number of benzene rings is 1. The fraction of sp³-hybridized carbons (Fsp3) is 0.467. The topological polar surface area (TPSA) is 87.7 Å². The van der Waals surface area contributed by atoms with Crippen LogP contribution in [0.15, 0.2) is 18.2 Å². The summed E-state index contributed by atoms with van der Waals surface area (Å²) in [7, 11) is 1.46. The summed E-state index contributed by atoms with van der Waals surface area (Å²) in [6, 6.07) is 3.91. The zero-order valence-electron chi connectivity index (χ0n) is 12.8. The summed E-state index contributed by atoms with van der Waals surface area (Å²) in [6.45, 7) is 6.77. The van der Waals surface area contributed by atoms with Crippen molar-refractivity contribution >= 4 is 17.7 Å². The molecule has 116 valence electrons. The van der Waals surface area contributed by atoms with Crippen LogP contribution in [-0.2, 0) is 0 Å². The summed E-state index contributed by atoms with van der Waals surface area (Å²) in [5.41, 5.74) is 0.411. The van der Waals surface area contributed by atoms with E-state index in [9.17, 15) is 9.59 Å². The Balaban J connectivity index is 2.74. The molecule has 21 heavy (non-hydrogen) atoms. The van der Waals surface area contributed by atoms with Crippen LogP contribution < -0.4 is 15.4 Å². The van der Waals surface area contributed by atoms with Crippen molar-refractivity contribution < 1.29 is 19.4 Å². The van der Waals surface area contributed by atoms with Crippen molar-refractivity contribution in [2.45, 2.75) is 20.8 Å². The second-order valence-corrected chi connectivity index (χ2v) is 5.28. The van der Waals surface area contributed by atoms with Crippen LogP contribution >= 0.6 is 0 Å². The minimum atomic E-state index is -1.06. The lowest BCUT2D eigenvalue weighted by molar-refractivity contribution is 0.0697. The number of methoxy groups -OCH3 is 1. The van der Waals surface area contributed by atoms with E-state index in [0.717, 1.165) is 0 Å². The fourth-order valence-electron chi connectivity index (χ4n) is 1.59. The Hall–Kier alpha value is -2.24. The van der Waals surface area contributed by atoms with Crippen molar-refractivity contribution in [3.63, 3.8) is 0 Å². The summed E-state index contributed by atoms with van der Waals surface area (Å²) >= 11 is 0. The molecule has 0 saturated carbocycles. The molecule has 2 amide bonds. The van der Waals surface area contributed by atoms with Crippen molar-refractivity contribution in [3.8, 4) is 5.75 Å². The number of rotatable bonds is 6. The number of nitrogens with one attached hydrogen (secondary N) is 2. The molecule has 6 heteroatoms. The van der Waals surface area contributed by atoms with Crippen LogP contribution in [0.2, 0.25) is 0 Å². The fourth-order valence-corrected chi connectivity index (χ4v) is 1.59. The number of amides is 2. The van der Waals surface area contributed by atoms with Crippen LogP contribution in [0.3, 0.4) is 0 Å². The Morgan fingerprint density at radius 3 is 2.48 bits per heavy atom. The highest BCUT2D eigenvalue weighted by Gasteiger charge is 2.13. The molecule has 0 aliphatic heterocycles. The van der Waals surface area contributed by atoms with Gasteiger partial charge in [0.1, 0.15) is 5.75 Å². The van der Waals surface area contributed by atoms with E-state index in [4.69, 9.17) is 9.84 Å². The molecular weight excluding hydrogens is 272 g/mol. The number of urea groups is 1. The Kier molecular flexibility index (Phi) is 6.02. The molecule has 0 bridgehead atoms. The molecule has 1 aromatic carbocycles. The van der Waals surface area contributed by atoms with Crippen LogP contribution in [0, 0.1) is 11.8 Å². The van der Waals surface area contributed by atoms with E-state index in [1.165, 1.54) is 25.3 Å². The van der Waals surface area contributed by atoms with Gasteiger partial charge in [-0.15, -0.1) is 0 Å². The van der Waals surface area contributed by atoms with Gasteiger partial charge in [-0.05, 0) is 30.0 Å². The lowest BCUT2D eigenvalue weighted by Crippen LogP contribution is -2.33. The van der Waals surface area contributed by atoms with Gasteiger partial charge in [0, 0.05) is 6.54 Å². The summed E-state index contributed by atoms with van der Waals surface area (Å²) in [5.74, 6) is 0.166. The van der Waals surface area contributed by atoms with Gasteiger partial charge in [0.15, 0.2) is 0 Å². The molecule has 1 unspecified atom stereocenters. The average Bonchev–Trinajstić information content (AvgIpc) is 2.44. The van der Waals surface area contributed by atoms with Crippen molar-refractivity contribution in [1.29, 1.82) is 0 Å². The van der Waals surface area contributed by atoms with E-state index >= 15 is 0 Å². The number of aromatic carboxylic acids is 1. The maximum Gasteiger partial charge on any atom is 0.335 e. The van der Waals surface area contributed by atoms with Gasteiger partial charge in [0.05, 0.1) is 18.4 Å². The van der Waals surface area contributed by atoms with Crippen molar-refractivity contribution in [3.05, 3.63) is 23.8 Å². The number of carbonyl (C=O) groups is 2. The third-order valence-corrected chi connectivity index (χ3v) is 3.42. The van der Waals surface area contributed by atoms with Gasteiger partial charge in [-0.1, -0.05) is 20.8 Å². The van der Waals surface area contributed by atoms with Gasteiger partial charge in [0.2, 0.25) is 0 Å². The second kappa shape index (κ2) is 7.52. The second-order valence-electron chi connectivity index (χ2n) is 5.28. The molecule has 1 rings (SSSR count). The van der Waals surface area contributed by atoms with Gasteiger partial charge < -0.3 is 20.5 Å². The first-order valence-electron chi connectivity index (χ1n) is 6.81. The molecule has 0 heterocycles. The number of anilines is 1. The number of hydrogen-bond donors (Lipinski definition) is 3. The molecule has 0 fully saturated rings. The third-order valence-electron chi connectivity index (χ3n) is 3.42. The van der Waals surface area contributed by atoms with Crippen LogP contribution in [-0.4, -0.2) is 30.8 Å².